The van der Waals surface area contributed by atoms with Crippen LogP contribution in [0.3, 0.4) is 0 Å². The fourth-order valence-electron chi connectivity index (χ4n) is 2.71. The molecule has 2 heterocycles. The van der Waals surface area contributed by atoms with E-state index >= 15 is 0 Å². The van der Waals surface area contributed by atoms with Crippen LogP contribution in [0.25, 0.3) is 33.8 Å². The fraction of sp³-hybridized carbons (Fsp3) is 0.0909. The van der Waals surface area contributed by atoms with Crippen LogP contribution in [0.2, 0.25) is 0 Å². The van der Waals surface area contributed by atoms with Crippen LogP contribution in [0.5, 0.6) is 0 Å². The number of aryl methyl sites for hydroxylation is 2. The molecule has 0 unspecified atom stereocenters. The summed E-state index contributed by atoms with van der Waals surface area (Å²) in [6, 6.07) is 16.9. The van der Waals surface area contributed by atoms with Crippen LogP contribution in [0.4, 0.5) is 0 Å². The molecule has 2 aromatic heterocycles. The minimum Gasteiger partial charge on any atom is -0.258 e. The summed E-state index contributed by atoms with van der Waals surface area (Å²) >= 11 is 0. The minimum absolute atomic E-state index is 0.720. The van der Waals surface area contributed by atoms with Crippen molar-refractivity contribution in [1.82, 2.24) is 19.9 Å². The Balaban J connectivity index is 1.57. The van der Waals surface area contributed by atoms with Gasteiger partial charge < -0.3 is 0 Å². The third-order valence-corrected chi connectivity index (χ3v) is 4.26. The average Bonchev–Trinajstić information content (AvgIpc) is 2.70. The normalized spacial score (nSPS) is 10.7. The van der Waals surface area contributed by atoms with Crippen LogP contribution in [-0.2, 0) is 0 Å². The monoisotopic (exact) mass is 338 g/mol. The van der Waals surface area contributed by atoms with E-state index < -0.39 is 0 Å². The van der Waals surface area contributed by atoms with Gasteiger partial charge in [0.1, 0.15) is 11.4 Å². The molecule has 126 valence electrons. The summed E-state index contributed by atoms with van der Waals surface area (Å²) in [5, 5.41) is 0. The van der Waals surface area contributed by atoms with Crippen molar-refractivity contribution in [2.75, 3.05) is 0 Å². The topological polar surface area (TPSA) is 51.6 Å². The Kier molecular flexibility index (Phi) is 4.23. The molecular formula is C22H18N4. The SMILES string of the molecule is Cc1ccc(-c2ccc(-c3cnc(-c4cnc(C)cn4)cn3)cc2)cc1. The van der Waals surface area contributed by atoms with Gasteiger partial charge in [0.05, 0.1) is 30.0 Å². The van der Waals surface area contributed by atoms with Crippen LogP contribution < -0.4 is 0 Å². The second kappa shape index (κ2) is 6.84. The molecule has 0 amide bonds. The molecule has 4 heteroatoms. The summed E-state index contributed by atoms with van der Waals surface area (Å²) in [4.78, 5) is 17.6. The Bertz CT molecular complexity index is 917. The maximum atomic E-state index is 4.53. The van der Waals surface area contributed by atoms with Gasteiger partial charge in [0.25, 0.3) is 0 Å². The largest absolute Gasteiger partial charge is 0.258 e. The number of benzene rings is 2. The fourth-order valence-corrected chi connectivity index (χ4v) is 2.71. The molecule has 0 N–H and O–H groups in total. The summed E-state index contributed by atoms with van der Waals surface area (Å²) < 4.78 is 0. The minimum atomic E-state index is 0.720. The van der Waals surface area contributed by atoms with E-state index in [2.05, 4.69) is 75.4 Å². The Morgan fingerprint density at radius 1 is 0.462 bits per heavy atom. The molecule has 26 heavy (non-hydrogen) atoms. The molecule has 0 spiro atoms. The maximum absolute atomic E-state index is 4.53. The zero-order valence-electron chi connectivity index (χ0n) is 14.7. The van der Waals surface area contributed by atoms with Gasteiger partial charge in [-0.2, -0.15) is 0 Å². The highest BCUT2D eigenvalue weighted by Gasteiger charge is 2.05. The quantitative estimate of drug-likeness (QED) is 0.534. The summed E-state index contributed by atoms with van der Waals surface area (Å²) in [7, 11) is 0. The first-order valence-corrected chi connectivity index (χ1v) is 8.47. The van der Waals surface area contributed by atoms with Crippen molar-refractivity contribution in [3.8, 4) is 33.8 Å². The lowest BCUT2D eigenvalue weighted by molar-refractivity contribution is 1.10. The van der Waals surface area contributed by atoms with Crippen LogP contribution in [0, 0.1) is 13.8 Å². The van der Waals surface area contributed by atoms with Crippen molar-refractivity contribution in [2.45, 2.75) is 13.8 Å². The van der Waals surface area contributed by atoms with Gasteiger partial charge in [-0.15, -0.1) is 0 Å². The van der Waals surface area contributed by atoms with Crippen molar-refractivity contribution < 1.29 is 0 Å². The van der Waals surface area contributed by atoms with Gasteiger partial charge in [0, 0.05) is 11.8 Å². The molecule has 0 bridgehead atoms. The van der Waals surface area contributed by atoms with Crippen LogP contribution in [0.1, 0.15) is 11.3 Å². The predicted octanol–water partition coefficient (Wildman–Crippen LogP) is 4.88. The highest BCUT2D eigenvalue weighted by molar-refractivity contribution is 5.69. The average molecular weight is 338 g/mol. The molecule has 0 atom stereocenters. The Morgan fingerprint density at radius 2 is 0.923 bits per heavy atom. The van der Waals surface area contributed by atoms with Crippen LogP contribution in [-0.4, -0.2) is 19.9 Å². The Morgan fingerprint density at radius 3 is 1.46 bits per heavy atom. The second-order valence-electron chi connectivity index (χ2n) is 6.27. The zero-order chi connectivity index (χ0) is 17.9. The molecule has 0 aliphatic rings. The van der Waals surface area contributed by atoms with E-state index in [1.54, 1.807) is 24.8 Å². The third-order valence-electron chi connectivity index (χ3n) is 4.26. The molecule has 4 nitrogen and oxygen atoms in total. The van der Waals surface area contributed by atoms with Gasteiger partial charge in [-0.05, 0) is 25.0 Å². The van der Waals surface area contributed by atoms with Crippen molar-refractivity contribution in [3.63, 3.8) is 0 Å². The Labute approximate surface area is 152 Å². The third kappa shape index (κ3) is 3.35. The first-order valence-electron chi connectivity index (χ1n) is 8.47. The second-order valence-corrected chi connectivity index (χ2v) is 6.27. The van der Waals surface area contributed by atoms with E-state index in [0.717, 1.165) is 28.3 Å². The van der Waals surface area contributed by atoms with Gasteiger partial charge in [-0.1, -0.05) is 54.1 Å². The lowest BCUT2D eigenvalue weighted by Gasteiger charge is -2.06. The molecule has 0 saturated carbocycles. The molecule has 0 saturated heterocycles. The summed E-state index contributed by atoms with van der Waals surface area (Å²) in [6.07, 6.45) is 6.96. The zero-order valence-corrected chi connectivity index (χ0v) is 14.7. The van der Waals surface area contributed by atoms with Crippen molar-refractivity contribution in [3.05, 3.63) is 84.6 Å². The van der Waals surface area contributed by atoms with Crippen molar-refractivity contribution in [1.29, 1.82) is 0 Å². The lowest BCUT2D eigenvalue weighted by Crippen LogP contribution is -1.93. The smallest absolute Gasteiger partial charge is 0.109 e. The van der Waals surface area contributed by atoms with Gasteiger partial charge in [-0.3, -0.25) is 19.9 Å². The molecular weight excluding hydrogens is 320 g/mol. The highest BCUT2D eigenvalue weighted by Crippen LogP contribution is 2.24. The number of nitrogens with zero attached hydrogens (tertiary/aromatic N) is 4. The predicted molar refractivity (Wildman–Crippen MR) is 103 cm³/mol. The van der Waals surface area contributed by atoms with E-state index in [0.29, 0.717) is 0 Å². The first-order chi connectivity index (χ1) is 12.7. The number of hydrogen-bond acceptors (Lipinski definition) is 4. The van der Waals surface area contributed by atoms with Gasteiger partial charge in [0.15, 0.2) is 0 Å². The van der Waals surface area contributed by atoms with E-state index in [9.17, 15) is 0 Å². The molecule has 0 fully saturated rings. The molecule has 0 aliphatic heterocycles. The molecule has 4 aromatic rings. The van der Waals surface area contributed by atoms with Gasteiger partial charge in [-0.25, -0.2) is 0 Å². The number of hydrogen-bond donors (Lipinski definition) is 0. The van der Waals surface area contributed by atoms with Gasteiger partial charge in [0.2, 0.25) is 0 Å². The van der Waals surface area contributed by atoms with E-state index in [1.165, 1.54) is 16.7 Å². The lowest BCUT2D eigenvalue weighted by atomic mass is 10.0. The van der Waals surface area contributed by atoms with Crippen molar-refractivity contribution >= 4 is 0 Å². The van der Waals surface area contributed by atoms with Crippen LogP contribution in [0.15, 0.2) is 73.3 Å². The maximum Gasteiger partial charge on any atom is 0.109 e. The summed E-state index contributed by atoms with van der Waals surface area (Å²) in [5.74, 6) is 0. The summed E-state index contributed by atoms with van der Waals surface area (Å²) in [6.45, 7) is 4.00. The molecule has 2 aromatic carbocycles. The standard InChI is InChI=1S/C22H18N4/c1-15-3-5-17(6-4-15)18-7-9-19(10-8-18)20-12-26-22(14-25-20)21-13-23-16(2)11-24-21/h3-14H,1-2H3. The summed E-state index contributed by atoms with van der Waals surface area (Å²) in [5.41, 5.74) is 7.86. The van der Waals surface area contributed by atoms with E-state index in [1.807, 2.05) is 6.92 Å². The van der Waals surface area contributed by atoms with E-state index in [4.69, 9.17) is 0 Å². The molecule has 4 rings (SSSR count). The van der Waals surface area contributed by atoms with Crippen molar-refractivity contribution in [2.24, 2.45) is 0 Å². The molecule has 0 aliphatic carbocycles. The van der Waals surface area contributed by atoms with E-state index in [-0.39, 0.29) is 0 Å². The first kappa shape index (κ1) is 16.1. The number of aromatic nitrogens is 4. The van der Waals surface area contributed by atoms with Crippen LogP contribution >= 0.6 is 0 Å². The number of rotatable bonds is 3. The Hall–Kier alpha value is -3.40. The molecule has 0 radical (unpaired) electrons. The van der Waals surface area contributed by atoms with Gasteiger partial charge >= 0.3 is 0 Å². The highest BCUT2D eigenvalue weighted by atomic mass is 14.9.